The topological polar surface area (TPSA) is 95.9 Å². The second-order valence-electron chi connectivity index (χ2n) is 6.07. The van der Waals surface area contributed by atoms with Crippen LogP contribution in [0.15, 0.2) is 48.5 Å². The van der Waals surface area contributed by atoms with E-state index in [1.165, 1.54) is 4.90 Å². The zero-order valence-corrected chi connectivity index (χ0v) is 14.8. The summed E-state index contributed by atoms with van der Waals surface area (Å²) in [6, 6.07) is 13.7. The molecule has 0 saturated carbocycles. The number of anilines is 1. The van der Waals surface area contributed by atoms with E-state index in [9.17, 15) is 19.5 Å². The van der Waals surface area contributed by atoms with Crippen molar-refractivity contribution in [2.75, 3.05) is 24.6 Å². The minimum absolute atomic E-state index is 0.0545. The number of amides is 2. The van der Waals surface area contributed by atoms with E-state index >= 15 is 0 Å². The monoisotopic (exact) mass is 368 g/mol. The zero-order valence-electron chi connectivity index (χ0n) is 14.8. The lowest BCUT2D eigenvalue weighted by atomic mass is 10.0. The summed E-state index contributed by atoms with van der Waals surface area (Å²) in [6.07, 6.45) is 0. The highest BCUT2D eigenvalue weighted by atomic mass is 16.5. The number of benzene rings is 2. The SMILES string of the molecule is CCOc1ccccc1C(=O)NCC(=O)N1CC(C(=O)O)c2ccccc21. The first kappa shape index (κ1) is 18.4. The van der Waals surface area contributed by atoms with Crippen LogP contribution in [0, 0.1) is 0 Å². The Hall–Kier alpha value is -3.35. The normalized spacial score (nSPS) is 15.1. The molecule has 0 aliphatic carbocycles. The highest BCUT2D eigenvalue weighted by Crippen LogP contribution is 2.36. The van der Waals surface area contributed by atoms with E-state index in [1.807, 2.05) is 6.92 Å². The lowest BCUT2D eigenvalue weighted by Gasteiger charge is -2.18. The number of para-hydroxylation sites is 2. The van der Waals surface area contributed by atoms with Crippen molar-refractivity contribution in [3.63, 3.8) is 0 Å². The van der Waals surface area contributed by atoms with Crippen LogP contribution in [0.2, 0.25) is 0 Å². The lowest BCUT2D eigenvalue weighted by Crippen LogP contribution is -2.40. The van der Waals surface area contributed by atoms with Gasteiger partial charge >= 0.3 is 5.97 Å². The van der Waals surface area contributed by atoms with E-state index in [2.05, 4.69) is 5.32 Å². The highest BCUT2D eigenvalue weighted by molar-refractivity contribution is 6.03. The molecular formula is C20H20N2O5. The minimum atomic E-state index is -0.979. The van der Waals surface area contributed by atoms with Gasteiger partial charge in [-0.25, -0.2) is 0 Å². The summed E-state index contributed by atoms with van der Waals surface area (Å²) in [5, 5.41) is 12.0. The zero-order chi connectivity index (χ0) is 19.4. The maximum atomic E-state index is 12.6. The molecule has 1 aliphatic rings. The fourth-order valence-electron chi connectivity index (χ4n) is 3.14. The Labute approximate surface area is 156 Å². The number of carbonyl (C=O) groups excluding carboxylic acids is 2. The average molecular weight is 368 g/mol. The molecule has 1 atom stereocenters. The number of nitrogens with one attached hydrogen (secondary N) is 1. The molecular weight excluding hydrogens is 348 g/mol. The molecule has 0 fully saturated rings. The number of aliphatic carboxylic acids is 1. The van der Waals surface area contributed by atoms with Crippen LogP contribution in [0.25, 0.3) is 0 Å². The summed E-state index contributed by atoms with van der Waals surface area (Å²) >= 11 is 0. The smallest absolute Gasteiger partial charge is 0.312 e. The van der Waals surface area contributed by atoms with E-state index in [4.69, 9.17) is 4.74 Å². The molecule has 2 amide bonds. The number of fused-ring (bicyclic) bond motifs is 1. The summed E-state index contributed by atoms with van der Waals surface area (Å²) in [6.45, 7) is 2.06. The number of hydrogen-bond donors (Lipinski definition) is 2. The summed E-state index contributed by atoms with van der Waals surface area (Å²) in [5.74, 6) is -2.09. The van der Waals surface area contributed by atoms with Gasteiger partial charge in [-0.15, -0.1) is 0 Å². The van der Waals surface area contributed by atoms with Gasteiger partial charge in [0.1, 0.15) is 11.7 Å². The molecule has 3 rings (SSSR count). The Balaban J connectivity index is 1.70. The van der Waals surface area contributed by atoms with Crippen molar-refractivity contribution in [3.8, 4) is 5.75 Å². The van der Waals surface area contributed by atoms with Crippen LogP contribution >= 0.6 is 0 Å². The third-order valence-electron chi connectivity index (χ3n) is 4.40. The van der Waals surface area contributed by atoms with Crippen molar-refractivity contribution < 1.29 is 24.2 Å². The van der Waals surface area contributed by atoms with Crippen molar-refractivity contribution in [2.45, 2.75) is 12.8 Å². The predicted molar refractivity (Wildman–Crippen MR) is 99.1 cm³/mol. The Kier molecular flexibility index (Phi) is 5.40. The summed E-state index contributed by atoms with van der Waals surface area (Å²) in [7, 11) is 0. The third-order valence-corrected chi connectivity index (χ3v) is 4.40. The fraction of sp³-hybridized carbons (Fsp3) is 0.250. The Bertz CT molecular complexity index is 880. The number of rotatable bonds is 6. The molecule has 27 heavy (non-hydrogen) atoms. The maximum absolute atomic E-state index is 12.6. The lowest BCUT2D eigenvalue weighted by molar-refractivity contribution is -0.138. The van der Waals surface area contributed by atoms with Crippen LogP contribution in [0.3, 0.4) is 0 Å². The van der Waals surface area contributed by atoms with Crippen molar-refractivity contribution in [1.29, 1.82) is 0 Å². The van der Waals surface area contributed by atoms with Crippen LogP contribution in [0.5, 0.6) is 5.75 Å². The number of ether oxygens (including phenoxy) is 1. The van der Waals surface area contributed by atoms with Gasteiger partial charge in [0.2, 0.25) is 5.91 Å². The molecule has 0 saturated heterocycles. The second kappa shape index (κ2) is 7.90. The van der Waals surface area contributed by atoms with Gasteiger partial charge in [-0.2, -0.15) is 0 Å². The Morgan fingerprint density at radius 1 is 1.15 bits per heavy atom. The van der Waals surface area contributed by atoms with Crippen LogP contribution in [-0.2, 0) is 9.59 Å². The number of carbonyl (C=O) groups is 3. The summed E-state index contributed by atoms with van der Waals surface area (Å²) in [5.41, 5.74) is 1.52. The van der Waals surface area contributed by atoms with Crippen molar-refractivity contribution in [3.05, 3.63) is 59.7 Å². The third kappa shape index (κ3) is 3.76. The van der Waals surface area contributed by atoms with Gasteiger partial charge in [-0.1, -0.05) is 30.3 Å². The molecule has 0 bridgehead atoms. The molecule has 0 radical (unpaired) electrons. The quantitative estimate of drug-likeness (QED) is 0.813. The molecule has 2 aromatic rings. The van der Waals surface area contributed by atoms with Gasteiger partial charge in [0, 0.05) is 12.2 Å². The van der Waals surface area contributed by atoms with Crippen molar-refractivity contribution in [2.24, 2.45) is 0 Å². The number of carboxylic acid groups (broad SMARTS) is 1. The molecule has 140 valence electrons. The van der Waals surface area contributed by atoms with E-state index < -0.39 is 17.8 Å². The van der Waals surface area contributed by atoms with Crippen LogP contribution in [-0.4, -0.2) is 42.6 Å². The van der Waals surface area contributed by atoms with Crippen LogP contribution in [0.4, 0.5) is 5.69 Å². The molecule has 1 aliphatic heterocycles. The molecule has 7 nitrogen and oxygen atoms in total. The Morgan fingerprint density at radius 2 is 1.85 bits per heavy atom. The highest BCUT2D eigenvalue weighted by Gasteiger charge is 2.36. The van der Waals surface area contributed by atoms with E-state index in [0.29, 0.717) is 29.2 Å². The molecule has 0 spiro atoms. The largest absolute Gasteiger partial charge is 0.493 e. The fourth-order valence-corrected chi connectivity index (χ4v) is 3.14. The van der Waals surface area contributed by atoms with Gasteiger partial charge in [0.05, 0.1) is 18.7 Å². The number of nitrogens with zero attached hydrogens (tertiary/aromatic N) is 1. The average Bonchev–Trinajstić information content (AvgIpc) is 3.07. The molecule has 1 heterocycles. The summed E-state index contributed by atoms with van der Waals surface area (Å²) < 4.78 is 5.43. The summed E-state index contributed by atoms with van der Waals surface area (Å²) in [4.78, 5) is 37.9. The second-order valence-corrected chi connectivity index (χ2v) is 6.07. The molecule has 7 heteroatoms. The minimum Gasteiger partial charge on any atom is -0.493 e. The molecule has 0 aromatic heterocycles. The molecule has 2 N–H and O–H groups in total. The number of carboxylic acids is 1. The van der Waals surface area contributed by atoms with Gasteiger partial charge in [0.15, 0.2) is 0 Å². The van der Waals surface area contributed by atoms with E-state index in [-0.39, 0.29) is 19.0 Å². The van der Waals surface area contributed by atoms with Gasteiger partial charge in [-0.3, -0.25) is 14.4 Å². The first-order valence-corrected chi connectivity index (χ1v) is 8.65. The van der Waals surface area contributed by atoms with Gasteiger partial charge in [0.25, 0.3) is 5.91 Å². The maximum Gasteiger partial charge on any atom is 0.312 e. The standard InChI is InChI=1S/C20H20N2O5/c1-2-27-17-10-6-4-8-14(17)19(24)21-11-18(23)22-12-15(20(25)26)13-7-3-5-9-16(13)22/h3-10,15H,2,11-12H2,1H3,(H,21,24)(H,25,26). The van der Waals surface area contributed by atoms with Gasteiger partial charge in [-0.05, 0) is 30.7 Å². The van der Waals surface area contributed by atoms with E-state index in [0.717, 1.165) is 0 Å². The van der Waals surface area contributed by atoms with Gasteiger partial charge < -0.3 is 20.1 Å². The van der Waals surface area contributed by atoms with E-state index in [1.54, 1.807) is 48.5 Å². The van der Waals surface area contributed by atoms with Crippen LogP contribution in [0.1, 0.15) is 28.8 Å². The predicted octanol–water partition coefficient (Wildman–Crippen LogP) is 2.03. The first-order valence-electron chi connectivity index (χ1n) is 8.65. The first-order chi connectivity index (χ1) is 13.0. The number of hydrogen-bond acceptors (Lipinski definition) is 4. The van der Waals surface area contributed by atoms with Crippen molar-refractivity contribution in [1.82, 2.24) is 5.32 Å². The molecule has 2 aromatic carbocycles. The van der Waals surface area contributed by atoms with Crippen LogP contribution < -0.4 is 15.0 Å². The molecule has 1 unspecified atom stereocenters. The Morgan fingerprint density at radius 3 is 2.59 bits per heavy atom. The van der Waals surface area contributed by atoms with Crippen molar-refractivity contribution >= 4 is 23.5 Å².